The molecule has 164 valence electrons. The Bertz CT molecular complexity index is 1340. The fraction of sp³-hybridized carbons (Fsp3) is 0.250. The number of anilines is 1. The number of benzene rings is 2. The number of hydrogen-bond donors (Lipinski definition) is 1. The second-order valence-corrected chi connectivity index (χ2v) is 7.57. The van der Waals surface area contributed by atoms with Crippen LogP contribution in [0.1, 0.15) is 30.7 Å². The molecule has 8 nitrogen and oxygen atoms in total. The van der Waals surface area contributed by atoms with Crippen LogP contribution in [0.2, 0.25) is 0 Å². The van der Waals surface area contributed by atoms with E-state index >= 15 is 0 Å². The number of fused-ring (bicyclic) bond motifs is 1. The number of nitrogens with zero attached hydrogens (tertiary/aromatic N) is 3. The lowest BCUT2D eigenvalue weighted by Gasteiger charge is -2.18. The maximum absolute atomic E-state index is 13.2. The molecule has 0 bridgehead atoms. The molecule has 1 unspecified atom stereocenters. The molecule has 0 saturated heterocycles. The van der Waals surface area contributed by atoms with Crippen LogP contribution in [0, 0.1) is 13.8 Å². The highest BCUT2D eigenvalue weighted by Gasteiger charge is 2.26. The van der Waals surface area contributed by atoms with Gasteiger partial charge in [0.1, 0.15) is 23.2 Å². The molecule has 2 heterocycles. The lowest BCUT2D eigenvalue weighted by atomic mass is 10.1. The van der Waals surface area contributed by atoms with E-state index < -0.39 is 11.6 Å². The SMILES string of the molecule is CCC(C(=O)Nc1ccc(C)cc1)n1nc(-c2cccc(OC)c2)c2c(C)onc2c1=O. The third kappa shape index (κ3) is 3.87. The van der Waals surface area contributed by atoms with Crippen LogP contribution in [0.3, 0.4) is 0 Å². The van der Waals surface area contributed by atoms with Gasteiger partial charge in [-0.3, -0.25) is 9.59 Å². The topological polar surface area (TPSA) is 99.2 Å². The summed E-state index contributed by atoms with van der Waals surface area (Å²) in [4.78, 5) is 26.3. The van der Waals surface area contributed by atoms with E-state index in [1.54, 1.807) is 14.0 Å². The molecule has 4 aromatic rings. The van der Waals surface area contributed by atoms with Crippen molar-refractivity contribution in [1.29, 1.82) is 0 Å². The van der Waals surface area contributed by atoms with Crippen LogP contribution >= 0.6 is 0 Å². The van der Waals surface area contributed by atoms with Crippen molar-refractivity contribution in [2.45, 2.75) is 33.2 Å². The quantitative estimate of drug-likeness (QED) is 0.489. The second kappa shape index (κ2) is 8.66. The van der Waals surface area contributed by atoms with Crippen LogP contribution in [0.4, 0.5) is 5.69 Å². The molecule has 0 spiro atoms. The zero-order valence-electron chi connectivity index (χ0n) is 18.4. The maximum Gasteiger partial charge on any atom is 0.297 e. The fourth-order valence-electron chi connectivity index (χ4n) is 3.62. The van der Waals surface area contributed by atoms with Crippen LogP contribution in [-0.4, -0.2) is 28.0 Å². The van der Waals surface area contributed by atoms with Gasteiger partial charge in [0.15, 0.2) is 5.52 Å². The van der Waals surface area contributed by atoms with Crippen molar-refractivity contribution in [3.8, 4) is 17.0 Å². The van der Waals surface area contributed by atoms with E-state index in [-0.39, 0.29) is 11.4 Å². The highest BCUT2D eigenvalue weighted by atomic mass is 16.5. The summed E-state index contributed by atoms with van der Waals surface area (Å²) < 4.78 is 11.8. The molecule has 1 amide bonds. The predicted molar refractivity (Wildman–Crippen MR) is 122 cm³/mol. The van der Waals surface area contributed by atoms with E-state index in [1.807, 2.05) is 62.4 Å². The Labute approximate surface area is 184 Å². The van der Waals surface area contributed by atoms with Crippen LogP contribution < -0.4 is 15.6 Å². The van der Waals surface area contributed by atoms with Crippen LogP contribution in [0.25, 0.3) is 22.2 Å². The van der Waals surface area contributed by atoms with Gasteiger partial charge in [0.05, 0.1) is 12.5 Å². The van der Waals surface area contributed by atoms with Gasteiger partial charge in [-0.05, 0) is 44.5 Å². The summed E-state index contributed by atoms with van der Waals surface area (Å²) >= 11 is 0. The molecule has 2 aromatic heterocycles. The molecule has 0 aliphatic rings. The molecule has 0 aliphatic heterocycles. The molecule has 2 aromatic carbocycles. The minimum atomic E-state index is -0.824. The predicted octanol–water partition coefficient (Wildman–Crippen LogP) is 4.27. The fourth-order valence-corrected chi connectivity index (χ4v) is 3.62. The Kier molecular flexibility index (Phi) is 5.77. The largest absolute Gasteiger partial charge is 0.497 e. The molecule has 8 heteroatoms. The number of methoxy groups -OCH3 is 1. The van der Waals surface area contributed by atoms with Crippen molar-refractivity contribution in [2.75, 3.05) is 12.4 Å². The van der Waals surface area contributed by atoms with Crippen molar-refractivity contribution in [2.24, 2.45) is 0 Å². The monoisotopic (exact) mass is 432 g/mol. The molecule has 0 fully saturated rings. The van der Waals surface area contributed by atoms with Crippen molar-refractivity contribution < 1.29 is 14.1 Å². The van der Waals surface area contributed by atoms with Crippen molar-refractivity contribution in [3.63, 3.8) is 0 Å². The van der Waals surface area contributed by atoms with Crippen LogP contribution in [0.5, 0.6) is 5.75 Å². The van der Waals surface area contributed by atoms with Gasteiger partial charge < -0.3 is 14.6 Å². The first-order chi connectivity index (χ1) is 15.4. The zero-order chi connectivity index (χ0) is 22.8. The lowest BCUT2D eigenvalue weighted by Crippen LogP contribution is -2.35. The number of hydrogen-bond acceptors (Lipinski definition) is 6. The minimum absolute atomic E-state index is 0.136. The average molecular weight is 432 g/mol. The molecule has 1 N–H and O–H groups in total. The van der Waals surface area contributed by atoms with Gasteiger partial charge in [-0.15, -0.1) is 0 Å². The maximum atomic E-state index is 13.2. The Morgan fingerprint density at radius 2 is 1.94 bits per heavy atom. The number of carbonyl (C=O) groups is 1. The highest BCUT2D eigenvalue weighted by Crippen LogP contribution is 2.30. The van der Waals surface area contributed by atoms with E-state index in [4.69, 9.17) is 9.26 Å². The molecule has 0 aliphatic carbocycles. The van der Waals surface area contributed by atoms with Crippen molar-refractivity contribution in [3.05, 3.63) is 70.2 Å². The molecule has 0 radical (unpaired) electrons. The number of carbonyl (C=O) groups excluding carboxylic acids is 1. The van der Waals surface area contributed by atoms with Gasteiger partial charge in [-0.25, -0.2) is 4.68 Å². The Morgan fingerprint density at radius 1 is 1.19 bits per heavy atom. The summed E-state index contributed by atoms with van der Waals surface area (Å²) in [6, 6.07) is 14.0. The number of amides is 1. The smallest absolute Gasteiger partial charge is 0.297 e. The summed E-state index contributed by atoms with van der Waals surface area (Å²) in [5, 5.41) is 12.0. The summed E-state index contributed by atoms with van der Waals surface area (Å²) in [5.74, 6) is 0.794. The first kappa shape index (κ1) is 21.3. The normalized spacial score (nSPS) is 12.0. The molecular formula is C24H24N4O4. The number of nitrogens with one attached hydrogen (secondary N) is 1. The molecule has 0 saturated carbocycles. The Hall–Kier alpha value is -3.94. The lowest BCUT2D eigenvalue weighted by molar-refractivity contribution is -0.119. The zero-order valence-corrected chi connectivity index (χ0v) is 18.4. The highest BCUT2D eigenvalue weighted by molar-refractivity contribution is 5.95. The van der Waals surface area contributed by atoms with E-state index in [2.05, 4.69) is 15.6 Å². The number of ether oxygens (including phenoxy) is 1. The molecule has 32 heavy (non-hydrogen) atoms. The Balaban J connectivity index is 1.84. The van der Waals surface area contributed by atoms with Gasteiger partial charge in [0, 0.05) is 11.3 Å². The third-order valence-electron chi connectivity index (χ3n) is 5.36. The van der Waals surface area contributed by atoms with Gasteiger partial charge >= 0.3 is 0 Å². The van der Waals surface area contributed by atoms with E-state index in [1.165, 1.54) is 4.68 Å². The van der Waals surface area contributed by atoms with Crippen molar-refractivity contribution in [1.82, 2.24) is 14.9 Å². The van der Waals surface area contributed by atoms with E-state index in [0.717, 1.165) is 11.1 Å². The first-order valence-electron chi connectivity index (χ1n) is 10.3. The average Bonchev–Trinajstić information content (AvgIpc) is 3.19. The molecular weight excluding hydrogens is 408 g/mol. The van der Waals surface area contributed by atoms with E-state index in [0.29, 0.717) is 34.7 Å². The number of rotatable bonds is 6. The summed E-state index contributed by atoms with van der Waals surface area (Å²) in [5.41, 5.74) is 2.62. The van der Waals surface area contributed by atoms with Gasteiger partial charge in [0.2, 0.25) is 5.91 Å². The first-order valence-corrected chi connectivity index (χ1v) is 10.3. The van der Waals surface area contributed by atoms with Gasteiger partial charge in [0.25, 0.3) is 5.56 Å². The van der Waals surface area contributed by atoms with Gasteiger partial charge in [-0.2, -0.15) is 5.10 Å². The summed E-state index contributed by atoms with van der Waals surface area (Å²) in [6.07, 6.45) is 0.366. The number of aromatic nitrogens is 3. The Morgan fingerprint density at radius 3 is 2.62 bits per heavy atom. The number of aryl methyl sites for hydroxylation is 2. The van der Waals surface area contributed by atoms with E-state index in [9.17, 15) is 9.59 Å². The second-order valence-electron chi connectivity index (χ2n) is 7.57. The minimum Gasteiger partial charge on any atom is -0.497 e. The van der Waals surface area contributed by atoms with Crippen LogP contribution in [-0.2, 0) is 4.79 Å². The van der Waals surface area contributed by atoms with Gasteiger partial charge in [-0.1, -0.05) is 41.9 Å². The molecule has 1 atom stereocenters. The third-order valence-corrected chi connectivity index (χ3v) is 5.36. The van der Waals surface area contributed by atoms with Crippen molar-refractivity contribution >= 4 is 22.5 Å². The standard InChI is InChI=1S/C24H24N4O4/c1-5-19(23(29)25-17-11-9-14(2)10-12-17)28-24(30)22-20(15(3)32-27-22)21(26-28)16-7-6-8-18(13-16)31-4/h6-13,19H,5H2,1-4H3,(H,25,29). The summed E-state index contributed by atoms with van der Waals surface area (Å²) in [7, 11) is 1.58. The molecule has 4 rings (SSSR count). The van der Waals surface area contributed by atoms with Crippen LogP contribution in [0.15, 0.2) is 57.8 Å². The summed E-state index contributed by atoms with van der Waals surface area (Å²) in [6.45, 7) is 5.53.